The third-order valence-corrected chi connectivity index (χ3v) is 9.95. The van der Waals surface area contributed by atoms with Crippen LogP contribution in [0.15, 0.2) is 60.8 Å². The summed E-state index contributed by atoms with van der Waals surface area (Å²) in [6.07, 6.45) is 44.8. The molecule has 0 rings (SSSR count). The van der Waals surface area contributed by atoms with E-state index in [1.54, 1.807) is 0 Å². The van der Waals surface area contributed by atoms with Crippen LogP contribution in [0.1, 0.15) is 174 Å². The van der Waals surface area contributed by atoms with Gasteiger partial charge in [-0.3, -0.25) is 18.6 Å². The Morgan fingerprint density at radius 2 is 1.00 bits per heavy atom. The first-order valence-corrected chi connectivity index (χ1v) is 23.3. The highest BCUT2D eigenvalue weighted by molar-refractivity contribution is 7.47. The highest BCUT2D eigenvalue weighted by Gasteiger charge is 2.27. The summed E-state index contributed by atoms with van der Waals surface area (Å²) in [5, 5.41) is 18.3. The number of aliphatic hydroxyl groups excluding tert-OH is 2. The van der Waals surface area contributed by atoms with E-state index in [1.807, 2.05) is 36.5 Å². The normalized spacial score (nSPS) is 14.4. The van der Waals surface area contributed by atoms with Gasteiger partial charge in [0.1, 0.15) is 12.7 Å². The lowest BCUT2D eigenvalue weighted by Crippen LogP contribution is -2.29. The number of phosphoric acid groups is 1. The van der Waals surface area contributed by atoms with Gasteiger partial charge >= 0.3 is 19.8 Å². The molecule has 0 bridgehead atoms. The maximum Gasteiger partial charge on any atom is 0.472 e. The van der Waals surface area contributed by atoms with E-state index in [1.165, 1.54) is 83.5 Å². The molecule has 0 aliphatic carbocycles. The smallest absolute Gasteiger partial charge is 0.462 e. The number of carbonyl (C=O) groups excluding carboxylic acids is 2. The lowest BCUT2D eigenvalue weighted by Gasteiger charge is -2.20. The molecule has 0 amide bonds. The topological polar surface area (TPSA) is 149 Å². The second kappa shape index (κ2) is 40.9. The number of unbranched alkanes of at least 4 members (excludes halogenated alkanes) is 19. The minimum Gasteiger partial charge on any atom is -0.462 e. The number of esters is 2. The minimum absolute atomic E-state index is 0.135. The van der Waals surface area contributed by atoms with Crippen LogP contribution < -0.4 is 0 Å². The molecule has 0 aromatic heterocycles. The lowest BCUT2D eigenvalue weighted by molar-refractivity contribution is -0.161. The predicted molar refractivity (Wildman–Crippen MR) is 228 cm³/mol. The Balaban J connectivity index is 4.29. The van der Waals surface area contributed by atoms with Gasteiger partial charge in [-0.2, -0.15) is 0 Å². The SMILES string of the molecule is CC/C=C/C=C/C=C/C=C/CCCCCC(=O)OC(COC(=O)CCCCCCCCC/C=C/CCCCCCCCCCC)COP(=O)(O)OC[C@H](O)CO. The fourth-order valence-corrected chi connectivity index (χ4v) is 6.43. The van der Waals surface area contributed by atoms with Crippen LogP contribution in [0.25, 0.3) is 0 Å². The molecule has 0 radical (unpaired) electrons. The van der Waals surface area contributed by atoms with Crippen molar-refractivity contribution >= 4 is 19.8 Å². The molecule has 324 valence electrons. The summed E-state index contributed by atoms with van der Waals surface area (Å²) in [6.45, 7) is 2.18. The molecule has 0 aromatic rings. The molecule has 56 heavy (non-hydrogen) atoms. The number of rotatable bonds is 40. The van der Waals surface area contributed by atoms with Gasteiger partial charge in [0.15, 0.2) is 6.10 Å². The highest BCUT2D eigenvalue weighted by Crippen LogP contribution is 2.43. The number of carbonyl (C=O) groups is 2. The van der Waals surface area contributed by atoms with E-state index in [9.17, 15) is 24.2 Å². The molecule has 0 saturated heterocycles. The molecule has 2 unspecified atom stereocenters. The third kappa shape index (κ3) is 39.9. The fourth-order valence-electron chi connectivity index (χ4n) is 5.64. The Hall–Kier alpha value is -2.33. The van der Waals surface area contributed by atoms with Crippen LogP contribution in [-0.4, -0.2) is 65.7 Å². The lowest BCUT2D eigenvalue weighted by atomic mass is 10.1. The van der Waals surface area contributed by atoms with Crippen molar-refractivity contribution in [1.82, 2.24) is 0 Å². The molecule has 0 aliphatic heterocycles. The summed E-state index contributed by atoms with van der Waals surface area (Å²) in [7, 11) is -4.63. The maximum absolute atomic E-state index is 12.6. The van der Waals surface area contributed by atoms with Gasteiger partial charge in [-0.25, -0.2) is 4.57 Å². The predicted octanol–water partition coefficient (Wildman–Crippen LogP) is 11.5. The van der Waals surface area contributed by atoms with E-state index >= 15 is 0 Å². The van der Waals surface area contributed by atoms with Gasteiger partial charge in [-0.05, 0) is 57.8 Å². The largest absolute Gasteiger partial charge is 0.472 e. The molecular formula is C45H79O10P. The Morgan fingerprint density at radius 3 is 1.55 bits per heavy atom. The first kappa shape index (κ1) is 53.7. The van der Waals surface area contributed by atoms with Gasteiger partial charge < -0.3 is 24.6 Å². The second-order valence-corrected chi connectivity index (χ2v) is 15.9. The van der Waals surface area contributed by atoms with E-state index < -0.39 is 51.8 Å². The molecule has 3 atom stereocenters. The zero-order valence-corrected chi connectivity index (χ0v) is 36.0. The van der Waals surface area contributed by atoms with E-state index in [2.05, 4.69) is 42.7 Å². The average Bonchev–Trinajstić information content (AvgIpc) is 3.19. The fraction of sp³-hybridized carbons (Fsp3) is 0.733. The van der Waals surface area contributed by atoms with Gasteiger partial charge in [0.05, 0.1) is 19.8 Å². The summed E-state index contributed by atoms with van der Waals surface area (Å²) in [6, 6.07) is 0. The molecular weight excluding hydrogens is 731 g/mol. The minimum atomic E-state index is -4.63. The monoisotopic (exact) mass is 811 g/mol. The Labute approximate surface area is 340 Å². The van der Waals surface area contributed by atoms with Crippen molar-refractivity contribution in [3.8, 4) is 0 Å². The van der Waals surface area contributed by atoms with Crippen LogP contribution in [0, 0.1) is 0 Å². The van der Waals surface area contributed by atoms with Gasteiger partial charge in [-0.1, -0.05) is 164 Å². The average molecular weight is 811 g/mol. The first-order valence-electron chi connectivity index (χ1n) is 21.8. The Morgan fingerprint density at radius 1 is 0.554 bits per heavy atom. The second-order valence-electron chi connectivity index (χ2n) is 14.4. The van der Waals surface area contributed by atoms with Crippen LogP contribution in [-0.2, 0) is 32.7 Å². The van der Waals surface area contributed by atoms with Crippen LogP contribution in [0.4, 0.5) is 0 Å². The third-order valence-electron chi connectivity index (χ3n) is 9.00. The molecule has 0 aliphatic rings. The van der Waals surface area contributed by atoms with Crippen molar-refractivity contribution in [2.45, 2.75) is 187 Å². The molecule has 11 heteroatoms. The van der Waals surface area contributed by atoms with Crippen LogP contribution in [0.5, 0.6) is 0 Å². The van der Waals surface area contributed by atoms with Crippen molar-refractivity contribution in [2.75, 3.05) is 26.4 Å². The number of ether oxygens (including phenoxy) is 2. The number of phosphoric ester groups is 1. The number of allylic oxidation sites excluding steroid dienone is 10. The summed E-state index contributed by atoms with van der Waals surface area (Å²) in [4.78, 5) is 34.9. The Kier molecular flexibility index (Phi) is 39.2. The van der Waals surface area contributed by atoms with Crippen molar-refractivity contribution < 1.29 is 47.8 Å². The maximum atomic E-state index is 12.6. The summed E-state index contributed by atoms with van der Waals surface area (Å²) in [5.74, 6) is -0.978. The molecule has 10 nitrogen and oxygen atoms in total. The molecule has 0 aromatic carbocycles. The molecule has 0 spiro atoms. The van der Waals surface area contributed by atoms with Crippen LogP contribution >= 0.6 is 7.82 Å². The van der Waals surface area contributed by atoms with Gasteiger partial charge in [0.2, 0.25) is 0 Å². The van der Waals surface area contributed by atoms with E-state index in [0.717, 1.165) is 51.4 Å². The Bertz CT molecular complexity index is 1120. The number of hydrogen-bond acceptors (Lipinski definition) is 9. The van der Waals surface area contributed by atoms with Crippen molar-refractivity contribution in [3.05, 3.63) is 60.8 Å². The summed E-state index contributed by atoms with van der Waals surface area (Å²) in [5.41, 5.74) is 0. The van der Waals surface area contributed by atoms with Crippen LogP contribution in [0.2, 0.25) is 0 Å². The molecule has 0 heterocycles. The van der Waals surface area contributed by atoms with Gasteiger partial charge in [0.25, 0.3) is 0 Å². The highest BCUT2D eigenvalue weighted by atomic mass is 31.2. The zero-order valence-electron chi connectivity index (χ0n) is 35.1. The van der Waals surface area contributed by atoms with E-state index in [-0.39, 0.29) is 19.4 Å². The van der Waals surface area contributed by atoms with E-state index in [0.29, 0.717) is 12.8 Å². The standard InChI is InChI=1S/C45H79O10P/c1-3-5-7-9-11-13-15-17-18-19-20-21-22-23-25-26-28-30-32-34-36-44(48)52-40-43(41-54-56(50,51)53-39-42(47)38-46)55-45(49)37-35-33-31-29-27-24-16-14-12-10-8-6-4-2/h6,8,10,12,14,16,20-21,24,27,42-43,46-47H,3-5,7,9,11,13,15,17-19,22-23,25-26,28-41H2,1-2H3,(H,50,51)/b8-6+,12-10+,16-14+,21-20+,27-24+/t42-,43?/m1/s1. The summed E-state index contributed by atoms with van der Waals surface area (Å²) >= 11 is 0. The molecule has 3 N–H and O–H groups in total. The molecule has 0 fully saturated rings. The van der Waals surface area contributed by atoms with Crippen molar-refractivity contribution in [3.63, 3.8) is 0 Å². The van der Waals surface area contributed by atoms with Crippen molar-refractivity contribution in [2.24, 2.45) is 0 Å². The van der Waals surface area contributed by atoms with E-state index in [4.69, 9.17) is 19.1 Å². The van der Waals surface area contributed by atoms with Gasteiger partial charge in [-0.15, -0.1) is 0 Å². The number of aliphatic hydroxyl groups is 2. The first-order chi connectivity index (χ1) is 27.2. The zero-order chi connectivity index (χ0) is 41.2. The molecule has 0 saturated carbocycles. The number of hydrogen-bond donors (Lipinski definition) is 3. The van der Waals surface area contributed by atoms with Crippen molar-refractivity contribution in [1.29, 1.82) is 0 Å². The summed E-state index contributed by atoms with van der Waals surface area (Å²) < 4.78 is 32.6. The quantitative estimate of drug-likeness (QED) is 0.0179. The van der Waals surface area contributed by atoms with Gasteiger partial charge in [0, 0.05) is 12.8 Å². The van der Waals surface area contributed by atoms with Crippen LogP contribution in [0.3, 0.4) is 0 Å².